The fourth-order valence-electron chi connectivity index (χ4n) is 4.46. The molecule has 2 aromatic heterocycles. The molecule has 0 aromatic carbocycles. The van der Waals surface area contributed by atoms with E-state index in [0.29, 0.717) is 51.3 Å². The molecule has 0 radical (unpaired) electrons. The summed E-state index contributed by atoms with van der Waals surface area (Å²) in [5.41, 5.74) is 10.5. The van der Waals surface area contributed by atoms with Crippen molar-refractivity contribution in [1.29, 1.82) is 0 Å². The standard InChI is InChI=1S/C23H27FN6O3/c1-14(31)20-21(25)30-22(28-23(20)33-9-6-29-4-7-32-8-5-29)18(13-27-30)16-10-15-11-17(24)2-3-19(15)26-12-16/h11-13,17H,2-10,25H2,1H3. The molecule has 2 aliphatic heterocycles. The zero-order chi connectivity index (χ0) is 22.9. The maximum absolute atomic E-state index is 13.9. The molecule has 1 unspecified atom stereocenters. The van der Waals surface area contributed by atoms with E-state index in [-0.39, 0.29) is 23.0 Å². The predicted molar refractivity (Wildman–Crippen MR) is 122 cm³/mol. The zero-order valence-electron chi connectivity index (χ0n) is 18.6. The molecule has 4 heterocycles. The van der Waals surface area contributed by atoms with Crippen LogP contribution in [-0.2, 0) is 4.74 Å². The van der Waals surface area contributed by atoms with Crippen molar-refractivity contribution >= 4 is 28.5 Å². The molecule has 3 aliphatic rings. The second kappa shape index (κ2) is 9.03. The van der Waals surface area contributed by atoms with E-state index in [9.17, 15) is 9.18 Å². The summed E-state index contributed by atoms with van der Waals surface area (Å²) in [6.45, 7) is 5.59. The average Bonchev–Trinajstić information content (AvgIpc) is 3.23. The quantitative estimate of drug-likeness (QED) is 0.668. The lowest BCUT2D eigenvalue weighted by Crippen LogP contribution is -2.38. The lowest BCUT2D eigenvalue weighted by molar-refractivity contribution is 0.0319. The van der Waals surface area contributed by atoms with Crippen molar-refractivity contribution in [1.82, 2.24) is 19.5 Å². The van der Waals surface area contributed by atoms with Gasteiger partial charge in [-0.3, -0.25) is 14.7 Å². The van der Waals surface area contributed by atoms with Gasteiger partial charge in [-0.05, 0) is 37.0 Å². The maximum Gasteiger partial charge on any atom is 0.230 e. The van der Waals surface area contributed by atoms with Crippen LogP contribution in [0, 0.1) is 0 Å². The lowest BCUT2D eigenvalue weighted by atomic mass is 9.88. The Labute approximate surface area is 190 Å². The monoisotopic (exact) mass is 454 g/mol. The molecule has 5 rings (SSSR count). The van der Waals surface area contributed by atoms with E-state index in [1.807, 2.05) is 0 Å². The summed E-state index contributed by atoms with van der Waals surface area (Å²) in [7, 11) is 0. The molecule has 1 atom stereocenters. The number of allylic oxidation sites excluding steroid dienone is 3. The van der Waals surface area contributed by atoms with Gasteiger partial charge in [0.25, 0.3) is 0 Å². The third-order valence-electron chi connectivity index (χ3n) is 6.26. The molecule has 2 N–H and O–H groups in total. The van der Waals surface area contributed by atoms with Crippen molar-refractivity contribution in [2.45, 2.75) is 32.4 Å². The van der Waals surface area contributed by atoms with Gasteiger partial charge in [0, 0.05) is 43.5 Å². The Bertz CT molecular complexity index is 1180. The molecule has 9 nitrogen and oxygen atoms in total. The maximum atomic E-state index is 13.9. The Hall–Kier alpha value is -3.11. The lowest BCUT2D eigenvalue weighted by Gasteiger charge is -2.26. The first-order chi connectivity index (χ1) is 16.0. The van der Waals surface area contributed by atoms with Crippen molar-refractivity contribution in [2.75, 3.05) is 45.2 Å². The van der Waals surface area contributed by atoms with Gasteiger partial charge in [0.2, 0.25) is 5.88 Å². The fraction of sp³-hybridized carbons (Fsp3) is 0.478. The van der Waals surface area contributed by atoms with Gasteiger partial charge < -0.3 is 15.2 Å². The Morgan fingerprint density at radius 1 is 1.33 bits per heavy atom. The molecule has 174 valence electrons. The number of anilines is 1. The number of alkyl halides is 1. The average molecular weight is 455 g/mol. The van der Waals surface area contributed by atoms with E-state index in [4.69, 9.17) is 15.2 Å². The van der Waals surface area contributed by atoms with Gasteiger partial charge in [0.1, 0.15) is 24.2 Å². The third kappa shape index (κ3) is 4.28. The topological polar surface area (TPSA) is 107 Å². The fourth-order valence-corrected chi connectivity index (χ4v) is 4.46. The number of carbonyl (C=O) groups is 1. The number of halogens is 1. The van der Waals surface area contributed by atoms with Crippen LogP contribution in [-0.4, -0.2) is 76.6 Å². The zero-order valence-corrected chi connectivity index (χ0v) is 18.6. The molecule has 1 saturated heterocycles. The molecule has 10 heteroatoms. The second-order valence-electron chi connectivity index (χ2n) is 8.48. The minimum Gasteiger partial charge on any atom is -0.476 e. The number of rotatable bonds is 6. The first-order valence-corrected chi connectivity index (χ1v) is 11.2. The molecular formula is C23H27FN6O3. The van der Waals surface area contributed by atoms with Crippen molar-refractivity contribution in [3.05, 3.63) is 35.2 Å². The number of aliphatic imine (C=N–C) groups is 1. The molecule has 2 aromatic rings. The van der Waals surface area contributed by atoms with E-state index in [2.05, 4.69) is 20.0 Å². The summed E-state index contributed by atoms with van der Waals surface area (Å²) in [6.07, 6.45) is 5.81. The number of nitrogen functional groups attached to an aromatic ring is 1. The molecule has 0 amide bonds. The smallest absolute Gasteiger partial charge is 0.230 e. The highest BCUT2D eigenvalue weighted by atomic mass is 19.1. The predicted octanol–water partition coefficient (Wildman–Crippen LogP) is 2.47. The van der Waals surface area contributed by atoms with Crippen LogP contribution in [0.1, 0.15) is 42.1 Å². The first-order valence-electron chi connectivity index (χ1n) is 11.2. The van der Waals surface area contributed by atoms with Crippen LogP contribution in [0.25, 0.3) is 11.2 Å². The van der Waals surface area contributed by atoms with Crippen molar-refractivity contribution in [2.24, 2.45) is 4.99 Å². The van der Waals surface area contributed by atoms with Crippen molar-refractivity contribution in [3.8, 4) is 5.88 Å². The van der Waals surface area contributed by atoms with Crippen LogP contribution in [0.4, 0.5) is 10.2 Å². The van der Waals surface area contributed by atoms with Crippen molar-refractivity contribution < 1.29 is 18.7 Å². The summed E-state index contributed by atoms with van der Waals surface area (Å²) >= 11 is 0. The molecule has 33 heavy (non-hydrogen) atoms. The summed E-state index contributed by atoms with van der Waals surface area (Å²) in [5, 5.41) is 4.37. The number of nitrogens with zero attached hydrogens (tertiary/aromatic N) is 5. The van der Waals surface area contributed by atoms with Gasteiger partial charge in [-0.2, -0.15) is 14.6 Å². The van der Waals surface area contributed by atoms with Gasteiger partial charge in [-0.1, -0.05) is 0 Å². The second-order valence-corrected chi connectivity index (χ2v) is 8.48. The summed E-state index contributed by atoms with van der Waals surface area (Å²) in [4.78, 5) is 23.8. The summed E-state index contributed by atoms with van der Waals surface area (Å²) < 4.78 is 26.7. The Morgan fingerprint density at radius 3 is 2.94 bits per heavy atom. The van der Waals surface area contributed by atoms with Crippen molar-refractivity contribution in [3.63, 3.8) is 0 Å². The number of fused-ring (bicyclic) bond motifs is 2. The molecule has 1 fully saturated rings. The number of Topliss-reactive ketones (excluding diaryl/α,β-unsaturated/α-hetero) is 1. The number of ether oxygens (including phenoxy) is 2. The van der Waals surface area contributed by atoms with Crippen LogP contribution in [0.5, 0.6) is 5.88 Å². The Kier molecular flexibility index (Phi) is 5.94. The van der Waals surface area contributed by atoms with E-state index in [1.165, 1.54) is 11.4 Å². The molecular weight excluding hydrogens is 427 g/mol. The molecule has 0 bridgehead atoms. The Morgan fingerprint density at radius 2 is 2.15 bits per heavy atom. The number of nitrogens with two attached hydrogens (primary N) is 1. The Balaban J connectivity index is 1.46. The van der Waals surface area contributed by atoms with E-state index >= 15 is 0 Å². The van der Waals surface area contributed by atoms with Gasteiger partial charge in [0.05, 0.1) is 19.4 Å². The van der Waals surface area contributed by atoms with Gasteiger partial charge in [0.15, 0.2) is 11.4 Å². The van der Waals surface area contributed by atoms with Crippen LogP contribution >= 0.6 is 0 Å². The number of morpholine rings is 1. The summed E-state index contributed by atoms with van der Waals surface area (Å²) in [6, 6.07) is 0. The van der Waals surface area contributed by atoms with Gasteiger partial charge >= 0.3 is 0 Å². The first kappa shape index (κ1) is 21.7. The van der Waals surface area contributed by atoms with Crippen LogP contribution < -0.4 is 10.5 Å². The molecule has 1 aliphatic carbocycles. The van der Waals surface area contributed by atoms with Gasteiger partial charge in [-0.25, -0.2) is 4.39 Å². The molecule has 0 saturated carbocycles. The van der Waals surface area contributed by atoms with E-state index in [1.54, 1.807) is 18.5 Å². The summed E-state index contributed by atoms with van der Waals surface area (Å²) in [5.74, 6) is 0.137. The van der Waals surface area contributed by atoms with Gasteiger partial charge in [-0.15, -0.1) is 0 Å². The largest absolute Gasteiger partial charge is 0.476 e. The number of aromatic nitrogens is 3. The highest BCUT2D eigenvalue weighted by Crippen LogP contribution is 2.35. The number of ketones is 1. The highest BCUT2D eigenvalue weighted by Gasteiger charge is 2.26. The van der Waals surface area contributed by atoms with Crippen LogP contribution in [0.3, 0.4) is 0 Å². The minimum absolute atomic E-state index is 0.182. The van der Waals surface area contributed by atoms with E-state index in [0.717, 1.165) is 35.5 Å². The third-order valence-corrected chi connectivity index (χ3v) is 6.26. The number of hydrogen-bond donors (Lipinski definition) is 1. The molecule has 0 spiro atoms. The number of hydrogen-bond acceptors (Lipinski definition) is 8. The number of carbonyl (C=O) groups excluding carboxylic acids is 1. The van der Waals surface area contributed by atoms with Crippen LogP contribution in [0.2, 0.25) is 0 Å². The minimum atomic E-state index is -0.944. The van der Waals surface area contributed by atoms with Crippen LogP contribution in [0.15, 0.2) is 29.0 Å². The normalized spacial score (nSPS) is 21.3. The van der Waals surface area contributed by atoms with E-state index < -0.39 is 6.17 Å². The highest BCUT2D eigenvalue weighted by molar-refractivity contribution is 6.05. The SMILES string of the molecule is CC(=O)c1c(OCCN2CCOCC2)nc2c(C3=CN=C4CCC(F)C=C4C3)cnn2c1N.